The Kier molecular flexibility index (Phi) is 4.49. The molecule has 0 aliphatic carbocycles. The van der Waals surface area contributed by atoms with Gasteiger partial charge in [0.1, 0.15) is 5.82 Å². The summed E-state index contributed by atoms with van der Waals surface area (Å²) in [6, 6.07) is 1.83. The number of anilines is 1. The molecule has 1 N–H and O–H groups in total. The van der Waals surface area contributed by atoms with E-state index in [0.717, 1.165) is 11.5 Å². The van der Waals surface area contributed by atoms with Gasteiger partial charge in [0, 0.05) is 38.8 Å². The first-order valence-corrected chi connectivity index (χ1v) is 5.33. The Morgan fingerprint density at radius 1 is 1.56 bits per heavy atom. The second kappa shape index (κ2) is 5.65. The van der Waals surface area contributed by atoms with Gasteiger partial charge in [0.05, 0.1) is 0 Å². The molecule has 0 aliphatic rings. The topological polar surface area (TPSA) is 58.1 Å². The van der Waals surface area contributed by atoms with E-state index in [4.69, 9.17) is 11.6 Å². The lowest BCUT2D eigenvalue weighted by molar-refractivity contribution is -0.120. The Balaban J connectivity index is 2.65. The second-order valence-corrected chi connectivity index (χ2v) is 3.82. The number of carbonyl (C=O) groups is 1. The normalized spacial score (nSPS) is 10.0. The van der Waals surface area contributed by atoms with E-state index in [2.05, 4.69) is 15.3 Å². The molecule has 16 heavy (non-hydrogen) atoms. The third-order valence-electron chi connectivity index (χ3n) is 2.16. The minimum absolute atomic E-state index is 0.00345. The van der Waals surface area contributed by atoms with Gasteiger partial charge in [-0.25, -0.2) is 9.97 Å². The SMILES string of the molecule is CNC(=O)CCN(C)c1cc(C)nc(Cl)n1. The van der Waals surface area contributed by atoms with E-state index in [1.165, 1.54) is 0 Å². The molecule has 1 aromatic rings. The Labute approximate surface area is 99.8 Å². The van der Waals surface area contributed by atoms with Crippen molar-refractivity contribution in [3.05, 3.63) is 17.0 Å². The van der Waals surface area contributed by atoms with Gasteiger partial charge in [-0.05, 0) is 18.5 Å². The number of hydrogen-bond acceptors (Lipinski definition) is 4. The Morgan fingerprint density at radius 2 is 2.25 bits per heavy atom. The first-order chi connectivity index (χ1) is 7.52. The molecule has 1 amide bonds. The van der Waals surface area contributed by atoms with Crippen molar-refractivity contribution in [1.29, 1.82) is 0 Å². The highest BCUT2D eigenvalue weighted by atomic mass is 35.5. The van der Waals surface area contributed by atoms with Gasteiger partial charge >= 0.3 is 0 Å². The Morgan fingerprint density at radius 3 is 2.81 bits per heavy atom. The molecule has 1 heterocycles. The van der Waals surface area contributed by atoms with E-state index in [0.29, 0.717) is 13.0 Å². The van der Waals surface area contributed by atoms with Crippen molar-refractivity contribution in [3.8, 4) is 0 Å². The highest BCUT2D eigenvalue weighted by Gasteiger charge is 2.07. The number of nitrogens with one attached hydrogen (secondary N) is 1. The monoisotopic (exact) mass is 242 g/mol. The first kappa shape index (κ1) is 12.7. The maximum atomic E-state index is 11.1. The quantitative estimate of drug-likeness (QED) is 0.801. The third-order valence-corrected chi connectivity index (χ3v) is 2.33. The predicted molar refractivity (Wildman–Crippen MR) is 63.7 cm³/mol. The number of amides is 1. The summed E-state index contributed by atoms with van der Waals surface area (Å²) >= 11 is 5.76. The summed E-state index contributed by atoms with van der Waals surface area (Å²) in [7, 11) is 3.48. The van der Waals surface area contributed by atoms with Gasteiger partial charge in [-0.3, -0.25) is 4.79 Å². The van der Waals surface area contributed by atoms with Gasteiger partial charge in [-0.1, -0.05) is 0 Å². The zero-order valence-corrected chi connectivity index (χ0v) is 10.4. The summed E-state index contributed by atoms with van der Waals surface area (Å²) in [5, 5.41) is 2.79. The number of aryl methyl sites for hydroxylation is 1. The van der Waals surface area contributed by atoms with Crippen LogP contribution in [0.15, 0.2) is 6.07 Å². The highest BCUT2D eigenvalue weighted by Crippen LogP contribution is 2.13. The summed E-state index contributed by atoms with van der Waals surface area (Å²) in [6.45, 7) is 2.44. The van der Waals surface area contributed by atoms with Crippen LogP contribution in [-0.4, -0.2) is 36.5 Å². The van der Waals surface area contributed by atoms with Crippen molar-refractivity contribution < 1.29 is 4.79 Å². The molecule has 1 aromatic heterocycles. The molecule has 0 saturated carbocycles. The van der Waals surface area contributed by atoms with Crippen LogP contribution in [0, 0.1) is 6.92 Å². The molecule has 0 spiro atoms. The molecular weight excluding hydrogens is 228 g/mol. The van der Waals surface area contributed by atoms with Crippen LogP contribution in [-0.2, 0) is 4.79 Å². The summed E-state index contributed by atoms with van der Waals surface area (Å²) in [4.78, 5) is 21.0. The lowest BCUT2D eigenvalue weighted by Crippen LogP contribution is -2.27. The molecule has 0 aliphatic heterocycles. The lowest BCUT2D eigenvalue weighted by atomic mass is 10.3. The molecule has 0 fully saturated rings. The van der Waals surface area contributed by atoms with Gasteiger partial charge in [-0.15, -0.1) is 0 Å². The highest BCUT2D eigenvalue weighted by molar-refractivity contribution is 6.28. The molecular formula is C10H15ClN4O. The van der Waals surface area contributed by atoms with E-state index >= 15 is 0 Å². The maximum Gasteiger partial charge on any atom is 0.224 e. The number of nitrogens with zero attached hydrogens (tertiary/aromatic N) is 3. The van der Waals surface area contributed by atoms with Crippen LogP contribution >= 0.6 is 11.6 Å². The van der Waals surface area contributed by atoms with Crippen LogP contribution in [0.5, 0.6) is 0 Å². The molecule has 5 nitrogen and oxygen atoms in total. The first-order valence-electron chi connectivity index (χ1n) is 4.96. The lowest BCUT2D eigenvalue weighted by Gasteiger charge is -2.17. The van der Waals surface area contributed by atoms with E-state index in [1.54, 1.807) is 7.05 Å². The van der Waals surface area contributed by atoms with Gasteiger partial charge in [0.25, 0.3) is 0 Å². The zero-order valence-electron chi connectivity index (χ0n) is 9.62. The number of hydrogen-bond donors (Lipinski definition) is 1. The van der Waals surface area contributed by atoms with Crippen LogP contribution in [0.4, 0.5) is 5.82 Å². The molecule has 0 unspecified atom stereocenters. The molecule has 88 valence electrons. The summed E-state index contributed by atoms with van der Waals surface area (Å²) in [6.07, 6.45) is 0.424. The van der Waals surface area contributed by atoms with E-state index in [1.807, 2.05) is 24.9 Å². The minimum atomic E-state index is 0.00345. The predicted octanol–water partition coefficient (Wildman–Crippen LogP) is 1.01. The van der Waals surface area contributed by atoms with Crippen LogP contribution in [0.2, 0.25) is 5.28 Å². The van der Waals surface area contributed by atoms with Gasteiger partial charge in [-0.2, -0.15) is 0 Å². The van der Waals surface area contributed by atoms with Crippen molar-refractivity contribution in [1.82, 2.24) is 15.3 Å². The molecule has 1 rings (SSSR count). The molecule has 6 heteroatoms. The number of aromatic nitrogens is 2. The van der Waals surface area contributed by atoms with Crippen molar-refractivity contribution >= 4 is 23.3 Å². The fourth-order valence-corrected chi connectivity index (χ4v) is 1.44. The maximum absolute atomic E-state index is 11.1. The van der Waals surface area contributed by atoms with Gasteiger partial charge in [0.2, 0.25) is 11.2 Å². The van der Waals surface area contributed by atoms with Crippen LogP contribution < -0.4 is 10.2 Å². The molecule has 0 radical (unpaired) electrons. The Hall–Kier alpha value is -1.36. The van der Waals surface area contributed by atoms with E-state index in [-0.39, 0.29) is 11.2 Å². The van der Waals surface area contributed by atoms with Crippen molar-refractivity contribution in [3.63, 3.8) is 0 Å². The third kappa shape index (κ3) is 3.66. The fourth-order valence-electron chi connectivity index (χ4n) is 1.22. The molecule has 0 saturated heterocycles. The minimum Gasteiger partial charge on any atom is -0.359 e. The molecule has 0 aromatic carbocycles. The second-order valence-electron chi connectivity index (χ2n) is 3.48. The average Bonchev–Trinajstić information content (AvgIpc) is 2.23. The smallest absolute Gasteiger partial charge is 0.224 e. The van der Waals surface area contributed by atoms with Gasteiger partial charge in [0.15, 0.2) is 0 Å². The van der Waals surface area contributed by atoms with Gasteiger partial charge < -0.3 is 10.2 Å². The van der Waals surface area contributed by atoms with Crippen LogP contribution in [0.25, 0.3) is 0 Å². The van der Waals surface area contributed by atoms with Crippen LogP contribution in [0.1, 0.15) is 12.1 Å². The molecule has 0 bridgehead atoms. The van der Waals surface area contributed by atoms with Crippen molar-refractivity contribution in [2.75, 3.05) is 25.5 Å². The van der Waals surface area contributed by atoms with E-state index in [9.17, 15) is 4.79 Å². The fraction of sp³-hybridized carbons (Fsp3) is 0.500. The number of halogens is 1. The van der Waals surface area contributed by atoms with Crippen molar-refractivity contribution in [2.24, 2.45) is 0 Å². The standard InChI is InChI=1S/C10H15ClN4O/c1-7-6-8(14-10(11)13-7)15(3)5-4-9(16)12-2/h6H,4-5H2,1-3H3,(H,12,16). The summed E-state index contributed by atoms with van der Waals surface area (Å²) < 4.78 is 0. The average molecular weight is 243 g/mol. The Bertz CT molecular complexity index is 363. The van der Waals surface area contributed by atoms with E-state index < -0.39 is 0 Å². The largest absolute Gasteiger partial charge is 0.359 e. The zero-order chi connectivity index (χ0) is 12.1. The number of rotatable bonds is 4. The molecule has 0 atom stereocenters. The summed E-state index contributed by atoms with van der Waals surface area (Å²) in [5.41, 5.74) is 0.807. The van der Waals surface area contributed by atoms with Crippen LogP contribution in [0.3, 0.4) is 0 Å². The summed E-state index contributed by atoms with van der Waals surface area (Å²) in [5.74, 6) is 0.727. The number of carbonyl (C=O) groups excluding carboxylic acids is 1. The van der Waals surface area contributed by atoms with Crippen molar-refractivity contribution in [2.45, 2.75) is 13.3 Å².